The van der Waals surface area contributed by atoms with Gasteiger partial charge in [0, 0.05) is 11.1 Å². The number of piperidine rings is 1. The zero-order chi connectivity index (χ0) is 29.0. The second-order valence-electron chi connectivity index (χ2n) is 11.4. The lowest BCUT2D eigenvalue weighted by molar-refractivity contribution is -0.0512. The molecule has 0 radical (unpaired) electrons. The minimum Gasteiger partial charge on any atom is -0.433 e. The number of nitrogen functional groups attached to an aromatic ring is 1. The normalized spacial score (nSPS) is 18.6. The molecule has 2 aromatic heterocycles. The van der Waals surface area contributed by atoms with E-state index in [-0.39, 0.29) is 11.7 Å². The van der Waals surface area contributed by atoms with Gasteiger partial charge in [0.25, 0.3) is 5.88 Å². The first-order valence-corrected chi connectivity index (χ1v) is 14.9. The van der Waals surface area contributed by atoms with Gasteiger partial charge in [0.2, 0.25) is 0 Å². The number of anilines is 1. The molecule has 5 rings (SSSR count). The number of ether oxygens (including phenoxy) is 3. The first kappa shape index (κ1) is 29.4. The van der Waals surface area contributed by atoms with Crippen molar-refractivity contribution in [1.29, 1.82) is 0 Å². The Morgan fingerprint density at radius 3 is 2.59 bits per heavy atom. The molecule has 1 atom stereocenters. The molecule has 10 heteroatoms. The Hall–Kier alpha value is -3.05. The summed E-state index contributed by atoms with van der Waals surface area (Å²) >= 11 is 0. The van der Waals surface area contributed by atoms with Gasteiger partial charge in [0.05, 0.1) is 49.1 Å². The number of aliphatic hydroxyl groups is 1. The molecular weight excluding hydrogens is 520 g/mol. The zero-order valence-electron chi connectivity index (χ0n) is 24.8. The number of likely N-dealkylation sites (tertiary alicyclic amines) is 1. The predicted octanol–water partition coefficient (Wildman–Crippen LogP) is 5.51. The van der Waals surface area contributed by atoms with Crippen LogP contribution in [0.2, 0.25) is 0 Å². The summed E-state index contributed by atoms with van der Waals surface area (Å²) in [4.78, 5) is 11.5. The molecule has 3 aromatic rings. The standard InChI is InChI=1S/C31H44N6O4/c1-5-7-8-11-31(38,6-2)25-17-22(16-21(3)27(25)30-39-14-15-40-30)26-19-33-28(32)29(35-26)41-24-18-34-37(20-24)23-9-12-36(4)13-10-23/h16-20,23,30,38H,5-15H2,1-4H3,(H2,32,33). The molecule has 0 bridgehead atoms. The molecular formula is C31H44N6O4. The topological polar surface area (TPSA) is 121 Å². The highest BCUT2D eigenvalue weighted by atomic mass is 16.7. The maximum absolute atomic E-state index is 12.0. The fourth-order valence-electron chi connectivity index (χ4n) is 5.88. The molecule has 222 valence electrons. The van der Waals surface area contributed by atoms with Gasteiger partial charge >= 0.3 is 0 Å². The van der Waals surface area contributed by atoms with Crippen molar-refractivity contribution in [1.82, 2.24) is 24.6 Å². The number of hydrogen-bond donors (Lipinski definition) is 2. The molecule has 2 saturated heterocycles. The monoisotopic (exact) mass is 564 g/mol. The van der Waals surface area contributed by atoms with Crippen molar-refractivity contribution in [3.05, 3.63) is 47.4 Å². The van der Waals surface area contributed by atoms with Gasteiger partial charge in [-0.2, -0.15) is 5.10 Å². The average Bonchev–Trinajstić information content (AvgIpc) is 3.67. The van der Waals surface area contributed by atoms with Crippen molar-refractivity contribution in [3.8, 4) is 22.9 Å². The van der Waals surface area contributed by atoms with Crippen molar-refractivity contribution in [2.75, 3.05) is 39.1 Å². The fourth-order valence-corrected chi connectivity index (χ4v) is 5.88. The van der Waals surface area contributed by atoms with Crippen LogP contribution in [0.3, 0.4) is 0 Å². The quantitative estimate of drug-likeness (QED) is 0.290. The van der Waals surface area contributed by atoms with Crippen molar-refractivity contribution in [2.45, 2.75) is 83.6 Å². The molecule has 10 nitrogen and oxygen atoms in total. The first-order valence-electron chi connectivity index (χ1n) is 14.9. The Bertz CT molecular complexity index is 1320. The molecule has 1 unspecified atom stereocenters. The van der Waals surface area contributed by atoms with Crippen LogP contribution < -0.4 is 10.5 Å². The minimum atomic E-state index is -1.02. The maximum Gasteiger partial charge on any atom is 0.263 e. The molecule has 4 heterocycles. The van der Waals surface area contributed by atoms with Crippen LogP contribution in [0, 0.1) is 6.92 Å². The molecule has 2 aliphatic rings. The number of aromatic nitrogens is 4. The number of nitrogens with zero attached hydrogens (tertiary/aromatic N) is 5. The Kier molecular flexibility index (Phi) is 9.23. The van der Waals surface area contributed by atoms with E-state index in [4.69, 9.17) is 24.9 Å². The van der Waals surface area contributed by atoms with Gasteiger partial charge in [-0.15, -0.1) is 0 Å². The van der Waals surface area contributed by atoms with Crippen LogP contribution in [-0.4, -0.2) is 63.1 Å². The molecule has 1 aromatic carbocycles. The van der Waals surface area contributed by atoms with Gasteiger partial charge in [-0.25, -0.2) is 9.97 Å². The maximum atomic E-state index is 12.0. The van der Waals surface area contributed by atoms with Crippen LogP contribution in [0.25, 0.3) is 11.3 Å². The molecule has 0 saturated carbocycles. The molecule has 0 aliphatic carbocycles. The Morgan fingerprint density at radius 2 is 1.88 bits per heavy atom. The van der Waals surface area contributed by atoms with E-state index in [1.54, 1.807) is 12.4 Å². The minimum absolute atomic E-state index is 0.201. The predicted molar refractivity (Wildman–Crippen MR) is 158 cm³/mol. The number of benzene rings is 1. The Balaban J connectivity index is 1.46. The average molecular weight is 565 g/mol. The van der Waals surface area contributed by atoms with E-state index in [2.05, 4.69) is 29.0 Å². The summed E-state index contributed by atoms with van der Waals surface area (Å²) in [5, 5.41) is 16.5. The first-order chi connectivity index (χ1) is 19.8. The lowest BCUT2D eigenvalue weighted by Crippen LogP contribution is -2.31. The SMILES string of the molecule is CCCCCC(O)(CC)c1cc(-c2cnc(N)c(Oc3cnn(C4CCN(C)CC4)c3)n2)cc(C)c1C1OCCO1. The van der Waals surface area contributed by atoms with Gasteiger partial charge in [-0.1, -0.05) is 33.1 Å². The molecule has 41 heavy (non-hydrogen) atoms. The summed E-state index contributed by atoms with van der Waals surface area (Å²) in [6, 6.07) is 4.39. The Labute approximate surface area is 242 Å². The summed E-state index contributed by atoms with van der Waals surface area (Å²) < 4.78 is 19.9. The van der Waals surface area contributed by atoms with Crippen LogP contribution in [0.4, 0.5) is 5.82 Å². The van der Waals surface area contributed by atoms with Crippen molar-refractivity contribution in [3.63, 3.8) is 0 Å². The third-order valence-corrected chi connectivity index (χ3v) is 8.44. The van der Waals surface area contributed by atoms with Crippen molar-refractivity contribution < 1.29 is 19.3 Å². The third kappa shape index (κ3) is 6.56. The van der Waals surface area contributed by atoms with Crippen LogP contribution >= 0.6 is 0 Å². The molecule has 2 aliphatic heterocycles. The lowest BCUT2D eigenvalue weighted by Gasteiger charge is -2.32. The number of aryl methyl sites for hydroxylation is 1. The van der Waals surface area contributed by atoms with E-state index in [0.29, 0.717) is 43.5 Å². The lowest BCUT2D eigenvalue weighted by atomic mass is 9.80. The van der Waals surface area contributed by atoms with E-state index in [1.807, 2.05) is 36.9 Å². The summed E-state index contributed by atoms with van der Waals surface area (Å²) in [5.41, 5.74) is 9.28. The van der Waals surface area contributed by atoms with Gasteiger partial charge in [-0.3, -0.25) is 4.68 Å². The third-order valence-electron chi connectivity index (χ3n) is 8.44. The second-order valence-corrected chi connectivity index (χ2v) is 11.4. The van der Waals surface area contributed by atoms with Crippen LogP contribution in [0.1, 0.15) is 87.8 Å². The smallest absolute Gasteiger partial charge is 0.263 e. The molecule has 0 amide bonds. The Morgan fingerprint density at radius 1 is 1.12 bits per heavy atom. The summed E-state index contributed by atoms with van der Waals surface area (Å²) in [5.74, 6) is 0.998. The summed E-state index contributed by atoms with van der Waals surface area (Å²) in [6.07, 6.45) is 11.1. The van der Waals surface area contributed by atoms with Crippen LogP contribution in [0.5, 0.6) is 11.6 Å². The fraction of sp³-hybridized carbons (Fsp3) is 0.581. The second kappa shape index (κ2) is 12.9. The number of unbranched alkanes of at least 4 members (excludes halogenated alkanes) is 2. The molecule has 0 spiro atoms. The van der Waals surface area contributed by atoms with Gasteiger partial charge in [0.1, 0.15) is 0 Å². The van der Waals surface area contributed by atoms with Crippen molar-refractivity contribution >= 4 is 5.82 Å². The highest BCUT2D eigenvalue weighted by Gasteiger charge is 2.35. The number of rotatable bonds is 11. The van der Waals surface area contributed by atoms with Gasteiger partial charge in [0.15, 0.2) is 17.9 Å². The highest BCUT2D eigenvalue weighted by molar-refractivity contribution is 5.65. The van der Waals surface area contributed by atoms with Crippen LogP contribution in [-0.2, 0) is 15.1 Å². The van der Waals surface area contributed by atoms with E-state index in [9.17, 15) is 5.11 Å². The van der Waals surface area contributed by atoms with Crippen LogP contribution in [0.15, 0.2) is 30.7 Å². The summed E-state index contributed by atoms with van der Waals surface area (Å²) in [6.45, 7) is 9.37. The number of hydrogen-bond acceptors (Lipinski definition) is 9. The highest BCUT2D eigenvalue weighted by Crippen LogP contribution is 2.42. The van der Waals surface area contributed by atoms with E-state index >= 15 is 0 Å². The molecule has 3 N–H and O–H groups in total. The van der Waals surface area contributed by atoms with E-state index in [0.717, 1.165) is 67.4 Å². The van der Waals surface area contributed by atoms with Crippen molar-refractivity contribution in [2.24, 2.45) is 0 Å². The van der Waals surface area contributed by atoms with E-state index in [1.165, 1.54) is 0 Å². The summed E-state index contributed by atoms with van der Waals surface area (Å²) in [7, 11) is 2.14. The van der Waals surface area contributed by atoms with Gasteiger partial charge < -0.3 is 30.0 Å². The molecule has 2 fully saturated rings. The largest absolute Gasteiger partial charge is 0.433 e. The zero-order valence-corrected chi connectivity index (χ0v) is 24.8. The van der Waals surface area contributed by atoms with E-state index < -0.39 is 11.9 Å². The number of nitrogens with two attached hydrogens (primary N) is 1. The van der Waals surface area contributed by atoms with Gasteiger partial charge in [-0.05, 0) is 76.0 Å².